The van der Waals surface area contributed by atoms with Gasteiger partial charge in [-0.3, -0.25) is 4.98 Å². The molecule has 21 heavy (non-hydrogen) atoms. The molecule has 2 aromatic rings. The molecule has 1 aromatic heterocycles. The summed E-state index contributed by atoms with van der Waals surface area (Å²) in [4.78, 5) is 4.23. The largest absolute Gasteiger partial charge is 0.493 e. The molecule has 0 aliphatic carbocycles. The molecule has 2 heterocycles. The standard InChI is InChI=1S/C18H22N2O/c1-2-9-20-17(11-14-6-5-10-19-12-14)16-13-21-18-8-4-3-7-15(16)18/h3-8,10,12,16-17,20H,2,9,11,13H2,1H3. The molecule has 0 saturated heterocycles. The van der Waals surface area contributed by atoms with E-state index in [0.717, 1.165) is 31.7 Å². The van der Waals surface area contributed by atoms with Crippen LogP contribution in [0.25, 0.3) is 0 Å². The lowest BCUT2D eigenvalue weighted by molar-refractivity contribution is 0.296. The van der Waals surface area contributed by atoms with Gasteiger partial charge in [0.05, 0.1) is 6.61 Å². The fourth-order valence-corrected chi connectivity index (χ4v) is 2.98. The average Bonchev–Trinajstić information content (AvgIpc) is 2.96. The molecular weight excluding hydrogens is 260 g/mol. The normalized spacial score (nSPS) is 18.0. The Kier molecular flexibility index (Phi) is 4.51. The van der Waals surface area contributed by atoms with Crippen molar-refractivity contribution in [2.24, 2.45) is 0 Å². The SMILES string of the molecule is CCCNC(Cc1cccnc1)C1COc2ccccc21. The smallest absolute Gasteiger partial charge is 0.122 e. The number of aromatic nitrogens is 1. The lowest BCUT2D eigenvalue weighted by atomic mass is 9.89. The minimum atomic E-state index is 0.387. The summed E-state index contributed by atoms with van der Waals surface area (Å²) in [5.74, 6) is 1.45. The number of nitrogens with one attached hydrogen (secondary N) is 1. The second-order valence-corrected chi connectivity index (χ2v) is 5.58. The summed E-state index contributed by atoms with van der Waals surface area (Å²) in [5, 5.41) is 3.69. The minimum absolute atomic E-state index is 0.387. The highest BCUT2D eigenvalue weighted by atomic mass is 16.5. The molecule has 110 valence electrons. The van der Waals surface area contributed by atoms with Gasteiger partial charge in [-0.2, -0.15) is 0 Å². The third-order valence-electron chi connectivity index (χ3n) is 4.06. The summed E-state index contributed by atoms with van der Waals surface area (Å²) in [5.41, 5.74) is 2.60. The summed E-state index contributed by atoms with van der Waals surface area (Å²) in [6.07, 6.45) is 5.91. The zero-order valence-corrected chi connectivity index (χ0v) is 12.5. The first kappa shape index (κ1) is 14.1. The van der Waals surface area contributed by atoms with E-state index in [1.807, 2.05) is 24.5 Å². The van der Waals surface area contributed by atoms with E-state index in [-0.39, 0.29) is 0 Å². The molecule has 3 rings (SSSR count). The Morgan fingerprint density at radius 3 is 3.00 bits per heavy atom. The molecule has 3 nitrogen and oxygen atoms in total. The molecule has 1 N–H and O–H groups in total. The Balaban J connectivity index is 1.80. The van der Waals surface area contributed by atoms with Crippen LogP contribution >= 0.6 is 0 Å². The van der Waals surface area contributed by atoms with E-state index in [0.29, 0.717) is 12.0 Å². The van der Waals surface area contributed by atoms with E-state index in [4.69, 9.17) is 4.74 Å². The predicted molar refractivity (Wildman–Crippen MR) is 84.7 cm³/mol. The van der Waals surface area contributed by atoms with Gasteiger partial charge in [0.25, 0.3) is 0 Å². The van der Waals surface area contributed by atoms with Crippen LogP contribution in [-0.4, -0.2) is 24.2 Å². The van der Waals surface area contributed by atoms with Crippen LogP contribution in [0.2, 0.25) is 0 Å². The van der Waals surface area contributed by atoms with Crippen molar-refractivity contribution in [3.63, 3.8) is 0 Å². The number of rotatable bonds is 6. The van der Waals surface area contributed by atoms with Gasteiger partial charge in [-0.05, 0) is 37.1 Å². The van der Waals surface area contributed by atoms with E-state index in [9.17, 15) is 0 Å². The Labute approximate surface area is 126 Å². The molecule has 1 aromatic carbocycles. The number of pyridine rings is 1. The molecule has 2 unspecified atom stereocenters. The second-order valence-electron chi connectivity index (χ2n) is 5.58. The highest BCUT2D eigenvalue weighted by Gasteiger charge is 2.30. The average molecular weight is 282 g/mol. The van der Waals surface area contributed by atoms with Gasteiger partial charge in [-0.1, -0.05) is 31.2 Å². The van der Waals surface area contributed by atoms with Crippen LogP contribution in [0.1, 0.15) is 30.4 Å². The van der Waals surface area contributed by atoms with Crippen LogP contribution in [-0.2, 0) is 6.42 Å². The van der Waals surface area contributed by atoms with Crippen molar-refractivity contribution in [3.8, 4) is 5.75 Å². The Morgan fingerprint density at radius 2 is 2.19 bits per heavy atom. The van der Waals surface area contributed by atoms with Gasteiger partial charge in [0.2, 0.25) is 0 Å². The van der Waals surface area contributed by atoms with Crippen LogP contribution in [0.4, 0.5) is 0 Å². The maximum atomic E-state index is 5.85. The number of para-hydroxylation sites is 1. The van der Waals surface area contributed by atoms with E-state index >= 15 is 0 Å². The van der Waals surface area contributed by atoms with Crippen molar-refractivity contribution >= 4 is 0 Å². The van der Waals surface area contributed by atoms with Crippen molar-refractivity contribution in [2.45, 2.75) is 31.7 Å². The third kappa shape index (κ3) is 3.24. The topological polar surface area (TPSA) is 34.2 Å². The van der Waals surface area contributed by atoms with Crippen molar-refractivity contribution in [1.29, 1.82) is 0 Å². The Morgan fingerprint density at radius 1 is 1.29 bits per heavy atom. The van der Waals surface area contributed by atoms with Crippen molar-refractivity contribution < 1.29 is 4.74 Å². The monoisotopic (exact) mass is 282 g/mol. The lowest BCUT2D eigenvalue weighted by Crippen LogP contribution is -2.38. The van der Waals surface area contributed by atoms with Crippen LogP contribution in [0.15, 0.2) is 48.8 Å². The first-order chi connectivity index (χ1) is 10.4. The maximum Gasteiger partial charge on any atom is 0.122 e. The number of nitrogens with zero attached hydrogens (tertiary/aromatic N) is 1. The zero-order valence-electron chi connectivity index (χ0n) is 12.5. The molecule has 0 radical (unpaired) electrons. The summed E-state index contributed by atoms with van der Waals surface area (Å²) in [6.45, 7) is 4.00. The van der Waals surface area contributed by atoms with Crippen LogP contribution in [0.3, 0.4) is 0 Å². The van der Waals surface area contributed by atoms with E-state index in [1.54, 1.807) is 0 Å². The van der Waals surface area contributed by atoms with Gasteiger partial charge in [-0.15, -0.1) is 0 Å². The molecule has 0 saturated carbocycles. The molecule has 0 fully saturated rings. The van der Waals surface area contributed by atoms with E-state index in [1.165, 1.54) is 11.1 Å². The van der Waals surface area contributed by atoms with Crippen LogP contribution in [0.5, 0.6) is 5.75 Å². The minimum Gasteiger partial charge on any atom is -0.493 e. The zero-order chi connectivity index (χ0) is 14.5. The second kappa shape index (κ2) is 6.72. The molecule has 3 heteroatoms. The van der Waals surface area contributed by atoms with Crippen molar-refractivity contribution in [3.05, 3.63) is 59.9 Å². The molecule has 1 aliphatic rings. The number of hydrogen-bond donors (Lipinski definition) is 1. The quantitative estimate of drug-likeness (QED) is 0.883. The van der Waals surface area contributed by atoms with E-state index < -0.39 is 0 Å². The highest BCUT2D eigenvalue weighted by molar-refractivity contribution is 5.41. The number of benzene rings is 1. The van der Waals surface area contributed by atoms with Crippen molar-refractivity contribution in [1.82, 2.24) is 10.3 Å². The molecule has 0 spiro atoms. The highest BCUT2D eigenvalue weighted by Crippen LogP contribution is 2.36. The number of ether oxygens (including phenoxy) is 1. The first-order valence-corrected chi connectivity index (χ1v) is 7.72. The lowest BCUT2D eigenvalue weighted by Gasteiger charge is -2.24. The molecule has 2 atom stereocenters. The summed E-state index contributed by atoms with van der Waals surface area (Å²) < 4.78 is 5.85. The molecule has 1 aliphatic heterocycles. The Hall–Kier alpha value is -1.87. The van der Waals surface area contributed by atoms with Gasteiger partial charge in [0, 0.05) is 29.9 Å². The fraction of sp³-hybridized carbons (Fsp3) is 0.389. The summed E-state index contributed by atoms with van der Waals surface area (Å²) in [6, 6.07) is 12.9. The van der Waals surface area contributed by atoms with Crippen molar-refractivity contribution in [2.75, 3.05) is 13.2 Å². The third-order valence-corrected chi connectivity index (χ3v) is 4.06. The van der Waals surface area contributed by atoms with Gasteiger partial charge < -0.3 is 10.1 Å². The number of fused-ring (bicyclic) bond motifs is 1. The van der Waals surface area contributed by atoms with Gasteiger partial charge in [0.1, 0.15) is 5.75 Å². The molecular formula is C18H22N2O. The molecule has 0 bridgehead atoms. The Bertz CT molecular complexity index is 570. The van der Waals surface area contributed by atoms with Crippen LogP contribution in [0, 0.1) is 0 Å². The van der Waals surface area contributed by atoms with Crippen LogP contribution < -0.4 is 10.1 Å². The van der Waals surface area contributed by atoms with E-state index in [2.05, 4.69) is 41.5 Å². The van der Waals surface area contributed by atoms with Gasteiger partial charge in [-0.25, -0.2) is 0 Å². The summed E-state index contributed by atoms with van der Waals surface area (Å²) >= 11 is 0. The molecule has 0 amide bonds. The summed E-state index contributed by atoms with van der Waals surface area (Å²) in [7, 11) is 0. The van der Waals surface area contributed by atoms with Gasteiger partial charge >= 0.3 is 0 Å². The number of hydrogen-bond acceptors (Lipinski definition) is 3. The predicted octanol–water partition coefficient (Wildman–Crippen LogP) is 3.17. The first-order valence-electron chi connectivity index (χ1n) is 7.72. The fourth-order valence-electron chi connectivity index (χ4n) is 2.98. The van der Waals surface area contributed by atoms with Gasteiger partial charge in [0.15, 0.2) is 0 Å². The maximum absolute atomic E-state index is 5.85.